The number of hydrogen-bond donors (Lipinski definition) is 0. The van der Waals surface area contributed by atoms with Crippen LogP contribution in [0.25, 0.3) is 15.5 Å². The number of nitrogens with zero attached hydrogens (tertiary/aromatic N) is 5. The Bertz CT molecular complexity index is 1240. The summed E-state index contributed by atoms with van der Waals surface area (Å²) in [6.07, 6.45) is 0.735. The molecule has 3 heterocycles. The summed E-state index contributed by atoms with van der Waals surface area (Å²) in [7, 11) is 0. The van der Waals surface area contributed by atoms with E-state index in [-0.39, 0.29) is 11.8 Å². The molecule has 8 heteroatoms. The van der Waals surface area contributed by atoms with Crippen LogP contribution < -0.4 is 4.90 Å². The molecule has 0 fully saturated rings. The molecular weight excluding hydrogens is 374 g/mol. The molecular formula is C20H15N5O2S. The highest BCUT2D eigenvalue weighted by Crippen LogP contribution is 2.36. The number of benzene rings is 2. The van der Waals surface area contributed by atoms with Crippen LogP contribution in [-0.2, 0) is 6.42 Å². The van der Waals surface area contributed by atoms with Crippen molar-refractivity contribution in [3.05, 3.63) is 65.0 Å². The summed E-state index contributed by atoms with van der Waals surface area (Å²) in [6, 6.07) is 12.5. The second-order valence-corrected chi connectivity index (χ2v) is 7.47. The normalized spacial score (nSPS) is 13.6. The average molecular weight is 389 g/mol. The van der Waals surface area contributed by atoms with Crippen molar-refractivity contribution in [1.29, 1.82) is 0 Å². The van der Waals surface area contributed by atoms with E-state index in [0.717, 1.165) is 33.3 Å². The summed E-state index contributed by atoms with van der Waals surface area (Å²) in [4.78, 5) is 27.7. The van der Waals surface area contributed by atoms with E-state index < -0.39 is 0 Å². The lowest BCUT2D eigenvalue weighted by molar-refractivity contribution is 0.0926. The highest BCUT2D eigenvalue weighted by molar-refractivity contribution is 7.19. The lowest BCUT2D eigenvalue weighted by Crippen LogP contribution is -2.30. The summed E-state index contributed by atoms with van der Waals surface area (Å²) < 4.78 is 1.74. The third-order valence-corrected chi connectivity index (χ3v) is 5.87. The molecule has 1 aliphatic heterocycles. The fourth-order valence-electron chi connectivity index (χ4n) is 3.49. The maximum absolute atomic E-state index is 12.9. The molecule has 0 N–H and O–H groups in total. The second-order valence-electron chi connectivity index (χ2n) is 6.51. The molecule has 2 aromatic heterocycles. The van der Waals surface area contributed by atoms with Crippen molar-refractivity contribution in [1.82, 2.24) is 19.8 Å². The monoisotopic (exact) mass is 389 g/mol. The molecule has 4 aromatic rings. The Morgan fingerprint density at radius 1 is 0.929 bits per heavy atom. The number of aromatic nitrogens is 4. The summed E-state index contributed by atoms with van der Waals surface area (Å²) in [5.41, 5.74) is 3.13. The fourth-order valence-corrected chi connectivity index (χ4v) is 4.43. The first-order valence-corrected chi connectivity index (χ1v) is 9.70. The van der Waals surface area contributed by atoms with E-state index in [1.54, 1.807) is 34.8 Å². The standard InChI is InChI=1S/C20H15N5O2S/c1-3-16-21-22-20-25(16)23-17(28-20)12-9-6-10-15(11(12)2)24-18(26)13-7-4-5-8-14(13)19(24)27/h4-10H,3H2,1-2H3. The van der Waals surface area contributed by atoms with Gasteiger partial charge in [0.15, 0.2) is 5.82 Å². The van der Waals surface area contributed by atoms with Crippen LogP contribution in [-0.4, -0.2) is 31.6 Å². The quantitative estimate of drug-likeness (QED) is 0.501. The maximum atomic E-state index is 12.9. The van der Waals surface area contributed by atoms with Gasteiger partial charge in [-0.15, -0.1) is 10.2 Å². The Morgan fingerprint density at radius 3 is 2.29 bits per heavy atom. The van der Waals surface area contributed by atoms with Crippen molar-refractivity contribution >= 4 is 33.8 Å². The van der Waals surface area contributed by atoms with Gasteiger partial charge in [-0.1, -0.05) is 42.5 Å². The summed E-state index contributed by atoms with van der Waals surface area (Å²) in [6.45, 7) is 3.90. The zero-order valence-corrected chi connectivity index (χ0v) is 16.0. The molecule has 138 valence electrons. The first kappa shape index (κ1) is 16.8. The minimum Gasteiger partial charge on any atom is -0.268 e. The lowest BCUT2D eigenvalue weighted by atomic mass is 10.1. The van der Waals surface area contributed by atoms with Crippen molar-refractivity contribution in [2.24, 2.45) is 0 Å². The van der Waals surface area contributed by atoms with E-state index in [0.29, 0.717) is 16.8 Å². The highest BCUT2D eigenvalue weighted by Gasteiger charge is 2.37. The van der Waals surface area contributed by atoms with Crippen molar-refractivity contribution < 1.29 is 9.59 Å². The van der Waals surface area contributed by atoms with E-state index in [1.807, 2.05) is 26.0 Å². The third-order valence-electron chi connectivity index (χ3n) is 4.94. The predicted molar refractivity (Wildman–Crippen MR) is 106 cm³/mol. The van der Waals surface area contributed by atoms with Crippen molar-refractivity contribution in [2.75, 3.05) is 4.90 Å². The molecule has 2 aromatic carbocycles. The van der Waals surface area contributed by atoms with Gasteiger partial charge in [0.1, 0.15) is 5.01 Å². The Labute approximate surface area is 164 Å². The zero-order chi connectivity index (χ0) is 19.4. The molecule has 0 atom stereocenters. The molecule has 0 saturated carbocycles. The van der Waals surface area contributed by atoms with E-state index >= 15 is 0 Å². The van der Waals surface area contributed by atoms with Crippen molar-refractivity contribution in [3.63, 3.8) is 0 Å². The number of amides is 2. The summed E-state index contributed by atoms with van der Waals surface area (Å²) in [5, 5.41) is 13.7. The van der Waals surface area contributed by atoms with Crippen LogP contribution in [0.5, 0.6) is 0 Å². The molecule has 0 aliphatic carbocycles. The van der Waals surface area contributed by atoms with E-state index in [9.17, 15) is 9.59 Å². The average Bonchev–Trinajstić information content (AvgIpc) is 3.35. The highest BCUT2D eigenvalue weighted by atomic mass is 32.1. The van der Waals surface area contributed by atoms with Gasteiger partial charge in [-0.3, -0.25) is 9.59 Å². The molecule has 1 aliphatic rings. The van der Waals surface area contributed by atoms with Gasteiger partial charge in [-0.05, 0) is 30.7 Å². The maximum Gasteiger partial charge on any atom is 0.266 e. The van der Waals surface area contributed by atoms with Gasteiger partial charge in [-0.25, -0.2) is 4.90 Å². The van der Waals surface area contributed by atoms with Crippen LogP contribution in [0.1, 0.15) is 39.0 Å². The van der Waals surface area contributed by atoms with Crippen LogP contribution in [0.15, 0.2) is 42.5 Å². The Kier molecular flexibility index (Phi) is 3.63. The summed E-state index contributed by atoms with van der Waals surface area (Å²) in [5.74, 6) is 0.200. The molecule has 0 saturated heterocycles. The number of aryl methyl sites for hydroxylation is 1. The van der Waals surface area contributed by atoms with Crippen molar-refractivity contribution in [3.8, 4) is 10.6 Å². The van der Waals surface area contributed by atoms with Crippen LogP contribution in [0, 0.1) is 6.92 Å². The number of carbonyl (C=O) groups is 2. The van der Waals surface area contributed by atoms with Crippen LogP contribution in [0.4, 0.5) is 5.69 Å². The van der Waals surface area contributed by atoms with E-state index in [4.69, 9.17) is 0 Å². The predicted octanol–water partition coefficient (Wildman–Crippen LogP) is 3.52. The van der Waals surface area contributed by atoms with E-state index in [2.05, 4.69) is 15.3 Å². The third kappa shape index (κ3) is 2.24. The molecule has 0 bridgehead atoms. The van der Waals surface area contributed by atoms with E-state index in [1.165, 1.54) is 16.2 Å². The smallest absolute Gasteiger partial charge is 0.266 e. The minimum absolute atomic E-state index is 0.299. The first-order valence-electron chi connectivity index (χ1n) is 8.89. The van der Waals surface area contributed by atoms with Gasteiger partial charge in [0, 0.05) is 12.0 Å². The van der Waals surface area contributed by atoms with Gasteiger partial charge in [0.25, 0.3) is 11.8 Å². The Hall–Kier alpha value is -3.39. The fraction of sp³-hybridized carbons (Fsp3) is 0.150. The number of anilines is 1. The van der Waals surface area contributed by atoms with Crippen LogP contribution in [0.3, 0.4) is 0 Å². The van der Waals surface area contributed by atoms with Crippen molar-refractivity contribution in [2.45, 2.75) is 20.3 Å². The number of fused-ring (bicyclic) bond motifs is 2. The molecule has 0 radical (unpaired) electrons. The molecule has 2 amide bonds. The van der Waals surface area contributed by atoms with Crippen LogP contribution >= 0.6 is 11.3 Å². The number of imide groups is 1. The SMILES string of the molecule is CCc1nnc2sc(-c3cccc(N4C(=O)c5ccccc5C4=O)c3C)nn12. The molecule has 7 nitrogen and oxygen atoms in total. The lowest BCUT2D eigenvalue weighted by Gasteiger charge is -2.18. The minimum atomic E-state index is -0.299. The summed E-state index contributed by atoms with van der Waals surface area (Å²) >= 11 is 1.43. The molecule has 0 spiro atoms. The van der Waals surface area contributed by atoms with Crippen LogP contribution in [0.2, 0.25) is 0 Å². The van der Waals surface area contributed by atoms with Gasteiger partial charge in [-0.2, -0.15) is 9.61 Å². The topological polar surface area (TPSA) is 80.5 Å². The number of hydrogen-bond acceptors (Lipinski definition) is 6. The van der Waals surface area contributed by atoms with Gasteiger partial charge in [0.05, 0.1) is 16.8 Å². The molecule has 28 heavy (non-hydrogen) atoms. The Balaban J connectivity index is 1.62. The Morgan fingerprint density at radius 2 is 1.61 bits per heavy atom. The van der Waals surface area contributed by atoms with Gasteiger partial charge >= 0.3 is 0 Å². The largest absolute Gasteiger partial charge is 0.268 e. The number of rotatable bonds is 3. The van der Waals surface area contributed by atoms with Gasteiger partial charge < -0.3 is 0 Å². The number of carbonyl (C=O) groups excluding carboxylic acids is 2. The van der Waals surface area contributed by atoms with Gasteiger partial charge in [0.2, 0.25) is 4.96 Å². The molecule has 0 unspecified atom stereocenters. The molecule has 5 rings (SSSR count). The second kappa shape index (κ2) is 6.07. The zero-order valence-electron chi connectivity index (χ0n) is 15.2. The first-order chi connectivity index (χ1) is 13.6.